The van der Waals surface area contributed by atoms with Gasteiger partial charge in [0.15, 0.2) is 0 Å². The number of benzene rings is 1. The average molecular weight is 205 g/mol. The zero-order valence-corrected chi connectivity index (χ0v) is 9.44. The van der Waals surface area contributed by atoms with Crippen molar-refractivity contribution in [1.82, 2.24) is 0 Å². The monoisotopic (exact) mass is 205 g/mol. The van der Waals surface area contributed by atoms with Crippen LogP contribution in [0.5, 0.6) is 5.75 Å². The Bertz CT molecular complexity index is 318. The zero-order valence-electron chi connectivity index (χ0n) is 9.44. The van der Waals surface area contributed by atoms with E-state index in [-0.39, 0.29) is 0 Å². The Balaban J connectivity index is 2.00. The van der Waals surface area contributed by atoms with Gasteiger partial charge in [0, 0.05) is 6.04 Å². The summed E-state index contributed by atoms with van der Waals surface area (Å²) in [6.45, 7) is 4.82. The van der Waals surface area contributed by atoms with Crippen molar-refractivity contribution in [2.45, 2.75) is 32.2 Å². The lowest BCUT2D eigenvalue weighted by atomic mass is 10.1. The van der Waals surface area contributed by atoms with E-state index in [1.807, 2.05) is 6.92 Å². The molecule has 1 aromatic rings. The summed E-state index contributed by atoms with van der Waals surface area (Å²) >= 11 is 0. The molecule has 1 aliphatic carbocycles. The smallest absolute Gasteiger partial charge is 0.119 e. The maximum Gasteiger partial charge on any atom is 0.119 e. The Morgan fingerprint density at radius 1 is 1.40 bits per heavy atom. The number of nitrogens with two attached hydrogens (primary N) is 1. The molecule has 82 valence electrons. The van der Waals surface area contributed by atoms with Crippen LogP contribution in [0, 0.1) is 5.92 Å². The Labute approximate surface area is 91.4 Å². The molecule has 0 saturated heterocycles. The molecule has 1 aliphatic rings. The van der Waals surface area contributed by atoms with E-state index in [1.165, 1.54) is 12.0 Å². The van der Waals surface area contributed by atoms with Crippen LogP contribution in [0.2, 0.25) is 0 Å². The highest BCUT2D eigenvalue weighted by atomic mass is 16.5. The summed E-state index contributed by atoms with van der Waals surface area (Å²) in [4.78, 5) is 0. The highest BCUT2D eigenvalue weighted by Gasteiger charge is 2.40. The second-order valence-corrected chi connectivity index (χ2v) is 4.37. The van der Waals surface area contributed by atoms with Crippen molar-refractivity contribution in [3.63, 3.8) is 0 Å². The fraction of sp³-hybridized carbons (Fsp3) is 0.538. The quantitative estimate of drug-likeness (QED) is 0.819. The minimum absolute atomic E-state index is 0.321. The molecule has 1 fully saturated rings. The maximum atomic E-state index is 5.88. The van der Waals surface area contributed by atoms with Crippen LogP contribution in [-0.4, -0.2) is 12.6 Å². The number of rotatable bonds is 4. The first kappa shape index (κ1) is 10.5. The lowest BCUT2D eigenvalue weighted by Gasteiger charge is -2.06. The summed E-state index contributed by atoms with van der Waals surface area (Å²) in [6, 6.07) is 8.75. The standard InChI is InChI=1S/C13H19NO/c1-3-15-11-6-4-10(5-7-11)13-8-12(13)9(2)14/h4-7,9,12-13H,3,8,14H2,1-2H3. The van der Waals surface area contributed by atoms with Crippen LogP contribution in [0.4, 0.5) is 0 Å². The van der Waals surface area contributed by atoms with Crippen LogP contribution in [0.25, 0.3) is 0 Å². The lowest BCUT2D eigenvalue weighted by molar-refractivity contribution is 0.340. The molecule has 2 nitrogen and oxygen atoms in total. The highest BCUT2D eigenvalue weighted by Crippen LogP contribution is 2.49. The summed E-state index contributed by atoms with van der Waals surface area (Å²) in [7, 11) is 0. The molecule has 2 N–H and O–H groups in total. The summed E-state index contributed by atoms with van der Waals surface area (Å²) in [6.07, 6.45) is 1.24. The summed E-state index contributed by atoms with van der Waals surface area (Å²) in [5, 5.41) is 0. The fourth-order valence-corrected chi connectivity index (χ4v) is 2.16. The first-order valence-corrected chi connectivity index (χ1v) is 5.70. The zero-order chi connectivity index (χ0) is 10.8. The van der Waals surface area contributed by atoms with Crippen molar-refractivity contribution >= 4 is 0 Å². The summed E-state index contributed by atoms with van der Waals surface area (Å²) < 4.78 is 5.41. The normalized spacial score (nSPS) is 26.1. The van der Waals surface area contributed by atoms with E-state index in [2.05, 4.69) is 31.2 Å². The second-order valence-electron chi connectivity index (χ2n) is 4.37. The highest BCUT2D eigenvalue weighted by molar-refractivity contribution is 5.33. The average Bonchev–Trinajstić information content (AvgIpc) is 2.99. The van der Waals surface area contributed by atoms with E-state index in [4.69, 9.17) is 10.5 Å². The molecule has 0 bridgehead atoms. The van der Waals surface area contributed by atoms with E-state index < -0.39 is 0 Å². The van der Waals surface area contributed by atoms with E-state index in [1.54, 1.807) is 0 Å². The van der Waals surface area contributed by atoms with Gasteiger partial charge in [-0.2, -0.15) is 0 Å². The first-order valence-electron chi connectivity index (χ1n) is 5.70. The molecular formula is C13H19NO. The van der Waals surface area contributed by atoms with Gasteiger partial charge in [-0.05, 0) is 49.8 Å². The van der Waals surface area contributed by atoms with Crippen LogP contribution in [-0.2, 0) is 0 Å². The maximum absolute atomic E-state index is 5.88. The SMILES string of the molecule is CCOc1ccc(C2CC2C(C)N)cc1. The van der Waals surface area contributed by atoms with E-state index in [9.17, 15) is 0 Å². The van der Waals surface area contributed by atoms with Crippen molar-refractivity contribution in [1.29, 1.82) is 0 Å². The molecular weight excluding hydrogens is 186 g/mol. The van der Waals surface area contributed by atoms with Crippen molar-refractivity contribution in [3.05, 3.63) is 29.8 Å². The van der Waals surface area contributed by atoms with Gasteiger partial charge in [0.05, 0.1) is 6.61 Å². The Kier molecular flexibility index (Phi) is 2.96. The predicted octanol–water partition coefficient (Wildman–Crippen LogP) is 2.54. The van der Waals surface area contributed by atoms with E-state index >= 15 is 0 Å². The van der Waals surface area contributed by atoms with Gasteiger partial charge in [0.1, 0.15) is 5.75 Å². The largest absolute Gasteiger partial charge is 0.494 e. The van der Waals surface area contributed by atoms with E-state index in [0.717, 1.165) is 12.4 Å². The molecule has 0 heterocycles. The van der Waals surface area contributed by atoms with Crippen LogP contribution in [0.1, 0.15) is 31.7 Å². The summed E-state index contributed by atoms with van der Waals surface area (Å²) in [5.41, 5.74) is 7.28. The molecule has 0 radical (unpaired) electrons. The molecule has 3 unspecified atom stereocenters. The molecule has 0 amide bonds. The first-order chi connectivity index (χ1) is 7.22. The Morgan fingerprint density at radius 2 is 2.07 bits per heavy atom. The predicted molar refractivity (Wildman–Crippen MR) is 62.1 cm³/mol. The molecule has 3 atom stereocenters. The van der Waals surface area contributed by atoms with Crippen LogP contribution in [0.15, 0.2) is 24.3 Å². The van der Waals surface area contributed by atoms with Gasteiger partial charge >= 0.3 is 0 Å². The minimum atomic E-state index is 0.321. The van der Waals surface area contributed by atoms with Crippen molar-refractivity contribution < 1.29 is 4.74 Å². The molecule has 1 aromatic carbocycles. The third kappa shape index (κ3) is 2.32. The van der Waals surface area contributed by atoms with Gasteiger partial charge < -0.3 is 10.5 Å². The van der Waals surface area contributed by atoms with Crippen LogP contribution in [0.3, 0.4) is 0 Å². The van der Waals surface area contributed by atoms with Gasteiger partial charge in [-0.25, -0.2) is 0 Å². The number of hydrogen-bond donors (Lipinski definition) is 1. The van der Waals surface area contributed by atoms with Gasteiger partial charge in [0.25, 0.3) is 0 Å². The third-order valence-electron chi connectivity index (χ3n) is 3.13. The van der Waals surface area contributed by atoms with Gasteiger partial charge in [-0.15, -0.1) is 0 Å². The summed E-state index contributed by atoms with van der Waals surface area (Å²) in [5.74, 6) is 2.32. The van der Waals surface area contributed by atoms with Crippen LogP contribution >= 0.6 is 0 Å². The number of ether oxygens (including phenoxy) is 1. The van der Waals surface area contributed by atoms with Crippen molar-refractivity contribution in [2.75, 3.05) is 6.61 Å². The second kappa shape index (κ2) is 4.23. The van der Waals surface area contributed by atoms with E-state index in [0.29, 0.717) is 17.9 Å². The van der Waals surface area contributed by atoms with Crippen molar-refractivity contribution in [3.8, 4) is 5.75 Å². The van der Waals surface area contributed by atoms with Gasteiger partial charge in [-0.1, -0.05) is 12.1 Å². The molecule has 1 saturated carbocycles. The third-order valence-corrected chi connectivity index (χ3v) is 3.13. The van der Waals surface area contributed by atoms with Gasteiger partial charge in [0.2, 0.25) is 0 Å². The van der Waals surface area contributed by atoms with Crippen LogP contribution < -0.4 is 10.5 Å². The molecule has 0 spiro atoms. The molecule has 0 aliphatic heterocycles. The number of hydrogen-bond acceptors (Lipinski definition) is 2. The minimum Gasteiger partial charge on any atom is -0.494 e. The van der Waals surface area contributed by atoms with Crippen molar-refractivity contribution in [2.24, 2.45) is 11.7 Å². The lowest BCUT2D eigenvalue weighted by Crippen LogP contribution is -2.17. The topological polar surface area (TPSA) is 35.2 Å². The fourth-order valence-electron chi connectivity index (χ4n) is 2.16. The van der Waals surface area contributed by atoms with Gasteiger partial charge in [-0.3, -0.25) is 0 Å². The molecule has 15 heavy (non-hydrogen) atoms. The Morgan fingerprint density at radius 3 is 2.53 bits per heavy atom. The molecule has 2 heteroatoms. The molecule has 0 aromatic heterocycles. The Hall–Kier alpha value is -1.02. The molecule has 2 rings (SSSR count).